The first-order valence-electron chi connectivity index (χ1n) is 7.80. The molecular weight excluding hydrogens is 300 g/mol. The lowest BCUT2D eigenvalue weighted by Gasteiger charge is -2.28. The molecule has 1 aromatic carbocycles. The van der Waals surface area contributed by atoms with Gasteiger partial charge in [0.15, 0.2) is 0 Å². The molecule has 1 rings (SSSR count). The summed E-state index contributed by atoms with van der Waals surface area (Å²) in [5, 5.41) is 4.39. The lowest BCUT2D eigenvalue weighted by Crippen LogP contribution is -2.36. The van der Waals surface area contributed by atoms with Gasteiger partial charge in [-0.1, -0.05) is 37.6 Å². The van der Waals surface area contributed by atoms with Gasteiger partial charge in [0.2, 0.25) is 0 Å². The minimum Gasteiger partial charge on any atom is -0.310 e. The third kappa shape index (κ3) is 6.60. The minimum atomic E-state index is 0.404. The SMILES string of the molecule is CCNC(CCN(C)C(CC)CSC)c1ccc(Cl)cc1. The molecule has 2 atom stereocenters. The van der Waals surface area contributed by atoms with E-state index in [4.69, 9.17) is 11.6 Å². The molecule has 1 aromatic rings. The van der Waals surface area contributed by atoms with Crippen molar-refractivity contribution in [3.05, 3.63) is 34.9 Å². The molecule has 0 aromatic heterocycles. The van der Waals surface area contributed by atoms with Crippen molar-refractivity contribution in [3.8, 4) is 0 Å². The lowest BCUT2D eigenvalue weighted by molar-refractivity contribution is 0.241. The van der Waals surface area contributed by atoms with E-state index in [1.807, 2.05) is 23.9 Å². The fourth-order valence-corrected chi connectivity index (χ4v) is 3.59. The van der Waals surface area contributed by atoms with Gasteiger partial charge in [0.1, 0.15) is 0 Å². The van der Waals surface area contributed by atoms with Crippen LogP contribution in [0, 0.1) is 0 Å². The van der Waals surface area contributed by atoms with Crippen molar-refractivity contribution >= 4 is 23.4 Å². The largest absolute Gasteiger partial charge is 0.310 e. The first-order valence-corrected chi connectivity index (χ1v) is 9.57. The minimum absolute atomic E-state index is 0.404. The Morgan fingerprint density at radius 2 is 1.90 bits per heavy atom. The Morgan fingerprint density at radius 3 is 2.43 bits per heavy atom. The van der Waals surface area contributed by atoms with Gasteiger partial charge in [0.05, 0.1) is 0 Å². The van der Waals surface area contributed by atoms with Gasteiger partial charge < -0.3 is 10.2 Å². The van der Waals surface area contributed by atoms with E-state index in [1.165, 1.54) is 17.7 Å². The monoisotopic (exact) mass is 328 g/mol. The normalized spacial score (nSPS) is 14.4. The summed E-state index contributed by atoms with van der Waals surface area (Å²) in [5.41, 5.74) is 1.33. The molecule has 21 heavy (non-hydrogen) atoms. The summed E-state index contributed by atoms with van der Waals surface area (Å²) >= 11 is 7.92. The maximum absolute atomic E-state index is 5.99. The molecule has 0 heterocycles. The molecule has 0 saturated carbocycles. The highest BCUT2D eigenvalue weighted by molar-refractivity contribution is 7.98. The topological polar surface area (TPSA) is 15.3 Å². The summed E-state index contributed by atoms with van der Waals surface area (Å²) in [6.45, 7) is 6.53. The van der Waals surface area contributed by atoms with Crippen molar-refractivity contribution in [2.24, 2.45) is 0 Å². The second-order valence-corrected chi connectivity index (χ2v) is 6.80. The number of halogens is 1. The number of benzene rings is 1. The number of nitrogens with zero attached hydrogens (tertiary/aromatic N) is 1. The fraction of sp³-hybridized carbons (Fsp3) is 0.647. The second kappa shape index (κ2) is 10.5. The molecule has 0 bridgehead atoms. The van der Waals surface area contributed by atoms with Crippen LogP contribution in [0.1, 0.15) is 38.3 Å². The summed E-state index contributed by atoms with van der Waals surface area (Å²) in [5.74, 6) is 1.21. The van der Waals surface area contributed by atoms with E-state index in [0.29, 0.717) is 12.1 Å². The first kappa shape index (κ1) is 18.8. The van der Waals surface area contributed by atoms with Crippen LogP contribution in [-0.4, -0.2) is 43.1 Å². The number of hydrogen-bond acceptors (Lipinski definition) is 3. The number of thioether (sulfide) groups is 1. The highest BCUT2D eigenvalue weighted by atomic mass is 35.5. The van der Waals surface area contributed by atoms with Crippen LogP contribution in [0.5, 0.6) is 0 Å². The van der Waals surface area contributed by atoms with Crippen LogP contribution in [0.2, 0.25) is 5.02 Å². The van der Waals surface area contributed by atoms with E-state index in [9.17, 15) is 0 Å². The Bertz CT molecular complexity index is 383. The van der Waals surface area contributed by atoms with E-state index in [-0.39, 0.29) is 0 Å². The maximum atomic E-state index is 5.99. The van der Waals surface area contributed by atoms with Crippen LogP contribution in [0.4, 0.5) is 0 Å². The smallest absolute Gasteiger partial charge is 0.0406 e. The van der Waals surface area contributed by atoms with Gasteiger partial charge in [0.25, 0.3) is 0 Å². The van der Waals surface area contributed by atoms with Crippen molar-refractivity contribution in [3.63, 3.8) is 0 Å². The van der Waals surface area contributed by atoms with Gasteiger partial charge in [-0.05, 0) is 56.9 Å². The second-order valence-electron chi connectivity index (χ2n) is 5.45. The zero-order chi connectivity index (χ0) is 15.7. The molecule has 0 saturated heterocycles. The Labute approximate surface area is 139 Å². The molecule has 2 unspecified atom stereocenters. The van der Waals surface area contributed by atoms with Gasteiger partial charge in [0, 0.05) is 22.9 Å². The lowest BCUT2D eigenvalue weighted by atomic mass is 10.0. The maximum Gasteiger partial charge on any atom is 0.0406 e. The molecule has 0 amide bonds. The van der Waals surface area contributed by atoms with Crippen LogP contribution in [0.3, 0.4) is 0 Å². The highest BCUT2D eigenvalue weighted by Crippen LogP contribution is 2.20. The molecule has 1 N–H and O–H groups in total. The summed E-state index contributed by atoms with van der Waals surface area (Å²) in [7, 11) is 2.25. The van der Waals surface area contributed by atoms with Gasteiger partial charge in [-0.25, -0.2) is 0 Å². The molecular formula is C17H29ClN2S. The Morgan fingerprint density at radius 1 is 1.24 bits per heavy atom. The molecule has 0 radical (unpaired) electrons. The van der Waals surface area contributed by atoms with Gasteiger partial charge in [-0.2, -0.15) is 11.8 Å². The molecule has 0 aliphatic rings. The zero-order valence-electron chi connectivity index (χ0n) is 13.7. The van der Waals surface area contributed by atoms with Crippen molar-refractivity contribution in [2.45, 2.75) is 38.8 Å². The van der Waals surface area contributed by atoms with Crippen molar-refractivity contribution in [2.75, 3.05) is 32.1 Å². The number of rotatable bonds is 10. The fourth-order valence-electron chi connectivity index (χ4n) is 2.59. The molecule has 120 valence electrons. The average molecular weight is 329 g/mol. The quantitative estimate of drug-likeness (QED) is 0.683. The molecule has 2 nitrogen and oxygen atoms in total. The summed E-state index contributed by atoms with van der Waals surface area (Å²) in [6, 6.07) is 9.30. The number of nitrogens with one attached hydrogen (secondary N) is 1. The summed E-state index contributed by atoms with van der Waals surface area (Å²) in [4.78, 5) is 2.50. The standard InChI is InChI=1S/C17H29ClN2S/c1-5-16(13-21-4)20(3)12-11-17(19-6-2)14-7-9-15(18)10-8-14/h7-10,16-17,19H,5-6,11-13H2,1-4H3. The average Bonchev–Trinajstić information content (AvgIpc) is 2.49. The molecule has 0 fully saturated rings. The predicted octanol–water partition coefficient (Wildman–Crippen LogP) is 4.45. The van der Waals surface area contributed by atoms with Crippen molar-refractivity contribution < 1.29 is 0 Å². The third-order valence-electron chi connectivity index (χ3n) is 3.95. The van der Waals surface area contributed by atoms with Crippen molar-refractivity contribution in [1.82, 2.24) is 10.2 Å². The van der Waals surface area contributed by atoms with Crippen LogP contribution < -0.4 is 5.32 Å². The Balaban J connectivity index is 2.60. The van der Waals surface area contributed by atoms with E-state index in [2.05, 4.69) is 49.5 Å². The molecule has 0 aliphatic carbocycles. The van der Waals surface area contributed by atoms with Gasteiger partial charge in [-0.3, -0.25) is 0 Å². The zero-order valence-corrected chi connectivity index (χ0v) is 15.3. The summed E-state index contributed by atoms with van der Waals surface area (Å²) < 4.78 is 0. The number of hydrogen-bond donors (Lipinski definition) is 1. The van der Waals surface area contributed by atoms with E-state index < -0.39 is 0 Å². The first-order chi connectivity index (χ1) is 10.1. The Hall–Kier alpha value is -0.220. The van der Waals surface area contributed by atoms with Crippen LogP contribution in [-0.2, 0) is 0 Å². The molecule has 4 heteroatoms. The molecule has 0 aliphatic heterocycles. The van der Waals surface area contributed by atoms with Crippen LogP contribution in [0.25, 0.3) is 0 Å². The van der Waals surface area contributed by atoms with Crippen LogP contribution >= 0.6 is 23.4 Å². The van der Waals surface area contributed by atoms with Gasteiger partial charge in [-0.15, -0.1) is 0 Å². The molecule has 0 spiro atoms. The van der Waals surface area contributed by atoms with Crippen LogP contribution in [0.15, 0.2) is 24.3 Å². The van der Waals surface area contributed by atoms with E-state index in [0.717, 1.165) is 24.5 Å². The highest BCUT2D eigenvalue weighted by Gasteiger charge is 2.15. The van der Waals surface area contributed by atoms with E-state index >= 15 is 0 Å². The Kier molecular flexibility index (Phi) is 9.41. The third-order valence-corrected chi connectivity index (χ3v) is 4.92. The van der Waals surface area contributed by atoms with Crippen molar-refractivity contribution in [1.29, 1.82) is 0 Å². The van der Waals surface area contributed by atoms with Gasteiger partial charge >= 0.3 is 0 Å². The van der Waals surface area contributed by atoms with E-state index in [1.54, 1.807) is 0 Å². The predicted molar refractivity (Wildman–Crippen MR) is 97.6 cm³/mol. The summed E-state index contributed by atoms with van der Waals surface area (Å²) in [6.07, 6.45) is 4.52.